The predicted octanol–water partition coefficient (Wildman–Crippen LogP) is 3.39. The summed E-state index contributed by atoms with van der Waals surface area (Å²) in [6.45, 7) is 2.01. The number of pyridine rings is 1. The van der Waals surface area contributed by atoms with Gasteiger partial charge in [-0.2, -0.15) is 0 Å². The van der Waals surface area contributed by atoms with Crippen molar-refractivity contribution in [2.45, 2.75) is 26.2 Å². The van der Waals surface area contributed by atoms with Crippen LogP contribution in [0, 0.1) is 12.8 Å². The zero-order valence-corrected chi connectivity index (χ0v) is 13.1. The van der Waals surface area contributed by atoms with Gasteiger partial charge >= 0.3 is 0 Å². The number of amides is 1. The number of nitrogens with zero attached hydrogens (tertiary/aromatic N) is 2. The first-order valence-electron chi connectivity index (χ1n) is 8.04. The van der Waals surface area contributed by atoms with Gasteiger partial charge in [-0.15, -0.1) is 0 Å². The minimum absolute atomic E-state index is 0.00205. The summed E-state index contributed by atoms with van der Waals surface area (Å²) < 4.78 is 2.11. The normalized spacial score (nSPS) is 17.0. The van der Waals surface area contributed by atoms with Gasteiger partial charge in [0.15, 0.2) is 0 Å². The van der Waals surface area contributed by atoms with Crippen LogP contribution in [0.5, 0.6) is 0 Å². The molecule has 1 aliphatic carbocycles. The number of hydrogen-bond acceptors (Lipinski definition) is 2. The van der Waals surface area contributed by atoms with Gasteiger partial charge in [0, 0.05) is 29.9 Å². The van der Waals surface area contributed by atoms with E-state index in [1.807, 2.05) is 55.6 Å². The number of aromatic nitrogens is 2. The van der Waals surface area contributed by atoms with Crippen LogP contribution < -0.4 is 5.32 Å². The maximum absolute atomic E-state index is 12.6. The second-order valence-corrected chi connectivity index (χ2v) is 6.18. The molecular weight excluding hydrogens is 286 g/mol. The number of benzene rings is 1. The summed E-state index contributed by atoms with van der Waals surface area (Å²) in [7, 11) is 0. The lowest BCUT2D eigenvalue weighted by molar-refractivity contribution is -0.120. The highest BCUT2D eigenvalue weighted by molar-refractivity contribution is 5.93. The molecule has 0 saturated heterocycles. The lowest BCUT2D eigenvalue weighted by Gasteiger charge is -2.21. The first kappa shape index (κ1) is 14.0. The van der Waals surface area contributed by atoms with Crippen LogP contribution in [0.15, 0.2) is 48.7 Å². The molecule has 4 rings (SSSR count). The standard InChI is InChI=1S/C19H19N3O/c1-13-6-2-3-7-15(13)21-19(23)14-9-10-16-17(12-14)22-11-5-4-8-18(22)20-16/h2-8,11,14H,9-10,12H2,1H3,(H,21,23). The summed E-state index contributed by atoms with van der Waals surface area (Å²) in [5, 5.41) is 3.08. The molecule has 1 aliphatic rings. The van der Waals surface area contributed by atoms with E-state index in [0.29, 0.717) is 0 Å². The van der Waals surface area contributed by atoms with Gasteiger partial charge in [0.1, 0.15) is 5.65 Å². The van der Waals surface area contributed by atoms with E-state index in [2.05, 4.69) is 14.7 Å². The van der Waals surface area contributed by atoms with Gasteiger partial charge in [-0.3, -0.25) is 4.79 Å². The first-order valence-corrected chi connectivity index (χ1v) is 8.04. The number of nitrogens with one attached hydrogen (secondary N) is 1. The minimum atomic E-state index is 0.00205. The average molecular weight is 305 g/mol. The van der Waals surface area contributed by atoms with Gasteiger partial charge in [0.2, 0.25) is 5.91 Å². The number of imidazole rings is 1. The average Bonchev–Trinajstić information content (AvgIpc) is 2.94. The van der Waals surface area contributed by atoms with Crippen molar-refractivity contribution < 1.29 is 4.79 Å². The summed E-state index contributed by atoms with van der Waals surface area (Å²) in [6.07, 6.45) is 4.50. The van der Waals surface area contributed by atoms with Crippen LogP contribution in [-0.4, -0.2) is 15.3 Å². The molecule has 0 spiro atoms. The van der Waals surface area contributed by atoms with Gasteiger partial charge < -0.3 is 9.72 Å². The highest BCUT2D eigenvalue weighted by Crippen LogP contribution is 2.27. The van der Waals surface area contributed by atoms with E-state index in [1.165, 1.54) is 5.69 Å². The molecule has 0 radical (unpaired) electrons. The molecule has 2 aromatic heterocycles. The summed E-state index contributed by atoms with van der Waals surface area (Å²) in [4.78, 5) is 17.3. The fraction of sp³-hybridized carbons (Fsp3) is 0.263. The molecule has 0 fully saturated rings. The van der Waals surface area contributed by atoms with Gasteiger partial charge in [0.25, 0.3) is 0 Å². The molecule has 4 nitrogen and oxygen atoms in total. The van der Waals surface area contributed by atoms with Crippen LogP contribution >= 0.6 is 0 Å². The Balaban J connectivity index is 1.58. The summed E-state index contributed by atoms with van der Waals surface area (Å²) in [5.41, 5.74) is 5.28. The zero-order chi connectivity index (χ0) is 15.8. The van der Waals surface area contributed by atoms with Crippen LogP contribution in [0.2, 0.25) is 0 Å². The molecule has 1 atom stereocenters. The van der Waals surface area contributed by atoms with Crippen molar-refractivity contribution in [1.29, 1.82) is 0 Å². The van der Waals surface area contributed by atoms with E-state index < -0.39 is 0 Å². The third-order valence-corrected chi connectivity index (χ3v) is 4.65. The Morgan fingerprint density at radius 2 is 2.04 bits per heavy atom. The molecule has 3 aromatic rings. The fourth-order valence-electron chi connectivity index (χ4n) is 3.33. The molecule has 0 bridgehead atoms. The maximum atomic E-state index is 12.6. The Hall–Kier alpha value is -2.62. The van der Waals surface area contributed by atoms with Crippen molar-refractivity contribution in [3.8, 4) is 0 Å². The van der Waals surface area contributed by atoms with Crippen LogP contribution in [0.25, 0.3) is 5.65 Å². The summed E-state index contributed by atoms with van der Waals surface area (Å²) >= 11 is 0. The van der Waals surface area contributed by atoms with E-state index in [1.54, 1.807) is 0 Å². The van der Waals surface area contributed by atoms with Crippen LogP contribution in [-0.2, 0) is 17.6 Å². The fourth-order valence-corrected chi connectivity index (χ4v) is 3.33. The quantitative estimate of drug-likeness (QED) is 0.789. The third kappa shape index (κ3) is 2.50. The number of fused-ring (bicyclic) bond motifs is 3. The number of anilines is 1. The van der Waals surface area contributed by atoms with E-state index in [9.17, 15) is 4.79 Å². The Morgan fingerprint density at radius 3 is 2.91 bits per heavy atom. The Kier molecular flexibility index (Phi) is 3.37. The Bertz CT molecular complexity index is 881. The van der Waals surface area contributed by atoms with Crippen LogP contribution in [0.3, 0.4) is 0 Å². The van der Waals surface area contributed by atoms with Crippen molar-refractivity contribution >= 4 is 17.2 Å². The second-order valence-electron chi connectivity index (χ2n) is 6.18. The number of carbonyl (C=O) groups is 1. The highest BCUT2D eigenvalue weighted by atomic mass is 16.1. The molecule has 1 N–H and O–H groups in total. The SMILES string of the molecule is Cc1ccccc1NC(=O)C1CCc2nc3ccccn3c2C1. The summed E-state index contributed by atoms with van der Waals surface area (Å²) in [5.74, 6) is 0.109. The molecule has 1 amide bonds. The molecule has 2 heterocycles. The van der Waals surface area contributed by atoms with E-state index in [0.717, 1.165) is 41.9 Å². The molecule has 1 unspecified atom stereocenters. The number of carbonyl (C=O) groups excluding carboxylic acids is 1. The van der Waals surface area contributed by atoms with Crippen LogP contribution in [0.4, 0.5) is 5.69 Å². The molecule has 23 heavy (non-hydrogen) atoms. The minimum Gasteiger partial charge on any atom is -0.326 e. The molecule has 0 aliphatic heterocycles. The lowest BCUT2D eigenvalue weighted by Crippen LogP contribution is -2.28. The van der Waals surface area contributed by atoms with Crippen LogP contribution in [0.1, 0.15) is 23.4 Å². The van der Waals surface area contributed by atoms with Crippen molar-refractivity contribution in [2.24, 2.45) is 5.92 Å². The highest BCUT2D eigenvalue weighted by Gasteiger charge is 2.28. The maximum Gasteiger partial charge on any atom is 0.227 e. The van der Waals surface area contributed by atoms with Gasteiger partial charge in [-0.05, 0) is 43.5 Å². The van der Waals surface area contributed by atoms with E-state index in [4.69, 9.17) is 0 Å². The lowest BCUT2D eigenvalue weighted by atomic mass is 9.89. The van der Waals surface area contributed by atoms with Gasteiger partial charge in [0.05, 0.1) is 5.69 Å². The Labute approximate surface area is 135 Å². The third-order valence-electron chi connectivity index (χ3n) is 4.65. The van der Waals surface area contributed by atoms with Crippen molar-refractivity contribution in [3.63, 3.8) is 0 Å². The second kappa shape index (κ2) is 5.54. The zero-order valence-electron chi connectivity index (χ0n) is 13.1. The topological polar surface area (TPSA) is 46.4 Å². The molecule has 0 saturated carbocycles. The molecule has 1 aromatic carbocycles. The van der Waals surface area contributed by atoms with Crippen molar-refractivity contribution in [1.82, 2.24) is 9.38 Å². The number of hydrogen-bond donors (Lipinski definition) is 1. The molecule has 4 heteroatoms. The predicted molar refractivity (Wildman–Crippen MR) is 90.5 cm³/mol. The van der Waals surface area contributed by atoms with Crippen molar-refractivity contribution in [2.75, 3.05) is 5.32 Å². The largest absolute Gasteiger partial charge is 0.326 e. The number of rotatable bonds is 2. The molecular formula is C19H19N3O. The van der Waals surface area contributed by atoms with E-state index in [-0.39, 0.29) is 11.8 Å². The Morgan fingerprint density at radius 1 is 1.22 bits per heavy atom. The summed E-state index contributed by atoms with van der Waals surface area (Å²) in [6, 6.07) is 13.9. The van der Waals surface area contributed by atoms with Gasteiger partial charge in [-0.25, -0.2) is 4.98 Å². The van der Waals surface area contributed by atoms with Crippen molar-refractivity contribution in [3.05, 3.63) is 65.6 Å². The van der Waals surface area contributed by atoms with Gasteiger partial charge in [-0.1, -0.05) is 24.3 Å². The monoisotopic (exact) mass is 305 g/mol. The molecule has 116 valence electrons. The first-order chi connectivity index (χ1) is 11.2. The van der Waals surface area contributed by atoms with E-state index >= 15 is 0 Å². The smallest absolute Gasteiger partial charge is 0.227 e. The number of aryl methyl sites for hydroxylation is 2. The number of para-hydroxylation sites is 1.